The zero-order chi connectivity index (χ0) is 11.1. The van der Waals surface area contributed by atoms with Gasteiger partial charge < -0.3 is 10.2 Å². The second-order valence-corrected chi connectivity index (χ2v) is 4.58. The second-order valence-electron chi connectivity index (χ2n) is 4.58. The second kappa shape index (κ2) is 3.46. The van der Waals surface area contributed by atoms with Crippen LogP contribution in [0.15, 0.2) is 12.3 Å². The van der Waals surface area contributed by atoms with Crippen LogP contribution < -0.4 is 10.2 Å². The Kier molecular flexibility index (Phi) is 2.08. The molecule has 4 heteroatoms. The number of nitriles is 1. The Morgan fingerprint density at radius 1 is 1.56 bits per heavy atom. The van der Waals surface area contributed by atoms with E-state index in [0.29, 0.717) is 11.6 Å². The van der Waals surface area contributed by atoms with E-state index in [2.05, 4.69) is 21.3 Å². The predicted octanol–water partition coefficient (Wildman–Crippen LogP) is 0.670. The zero-order valence-electron chi connectivity index (χ0n) is 9.27. The molecule has 0 saturated carbocycles. The van der Waals surface area contributed by atoms with Crippen molar-refractivity contribution < 1.29 is 0 Å². The molecule has 4 nitrogen and oxygen atoms in total. The van der Waals surface area contributed by atoms with E-state index in [1.807, 2.05) is 19.2 Å². The summed E-state index contributed by atoms with van der Waals surface area (Å²) >= 11 is 0. The first kappa shape index (κ1) is 9.61. The topological polar surface area (TPSA) is 52.0 Å². The van der Waals surface area contributed by atoms with E-state index >= 15 is 0 Å². The predicted molar refractivity (Wildman–Crippen MR) is 61.2 cm³/mol. The SMILES string of the molecule is Cc1ncc(N2C[C@H]3CNC[C@H]32)cc1C#N. The molecule has 3 heterocycles. The van der Waals surface area contributed by atoms with Gasteiger partial charge in [-0.05, 0) is 13.0 Å². The Morgan fingerprint density at radius 3 is 3.19 bits per heavy atom. The number of fused-ring (bicyclic) bond motifs is 1. The van der Waals surface area contributed by atoms with Gasteiger partial charge in [-0.2, -0.15) is 5.26 Å². The number of aromatic nitrogens is 1. The molecule has 0 unspecified atom stereocenters. The van der Waals surface area contributed by atoms with Crippen LogP contribution in [0.2, 0.25) is 0 Å². The van der Waals surface area contributed by atoms with Gasteiger partial charge in [-0.15, -0.1) is 0 Å². The number of nitrogens with zero attached hydrogens (tertiary/aromatic N) is 3. The van der Waals surface area contributed by atoms with Crippen LogP contribution in [0.4, 0.5) is 5.69 Å². The van der Waals surface area contributed by atoms with Gasteiger partial charge in [0.25, 0.3) is 0 Å². The molecule has 1 N–H and O–H groups in total. The van der Waals surface area contributed by atoms with E-state index in [0.717, 1.165) is 36.9 Å². The minimum absolute atomic E-state index is 0.607. The van der Waals surface area contributed by atoms with Crippen molar-refractivity contribution in [2.24, 2.45) is 5.92 Å². The molecule has 1 aromatic heterocycles. The summed E-state index contributed by atoms with van der Waals surface area (Å²) in [5.41, 5.74) is 2.59. The summed E-state index contributed by atoms with van der Waals surface area (Å²) in [6.45, 7) is 5.15. The van der Waals surface area contributed by atoms with Crippen molar-refractivity contribution in [1.29, 1.82) is 5.26 Å². The van der Waals surface area contributed by atoms with Crippen LogP contribution in [0, 0.1) is 24.2 Å². The highest BCUT2D eigenvalue weighted by Crippen LogP contribution is 2.33. The first-order valence-electron chi connectivity index (χ1n) is 5.63. The number of rotatable bonds is 1. The van der Waals surface area contributed by atoms with Crippen LogP contribution in [-0.2, 0) is 0 Å². The molecule has 2 aliphatic rings. The molecule has 2 atom stereocenters. The van der Waals surface area contributed by atoms with E-state index in [1.165, 1.54) is 0 Å². The van der Waals surface area contributed by atoms with Crippen LogP contribution in [0.5, 0.6) is 0 Å². The third-order valence-corrected chi connectivity index (χ3v) is 3.66. The molecule has 0 amide bonds. The van der Waals surface area contributed by atoms with Crippen LogP contribution in [0.1, 0.15) is 11.3 Å². The maximum absolute atomic E-state index is 8.98. The zero-order valence-corrected chi connectivity index (χ0v) is 9.27. The first-order valence-corrected chi connectivity index (χ1v) is 5.63. The van der Waals surface area contributed by atoms with Gasteiger partial charge >= 0.3 is 0 Å². The molecule has 0 bridgehead atoms. The van der Waals surface area contributed by atoms with Gasteiger partial charge in [0.05, 0.1) is 23.1 Å². The Hall–Kier alpha value is -1.60. The highest BCUT2D eigenvalue weighted by molar-refractivity contribution is 5.54. The summed E-state index contributed by atoms with van der Waals surface area (Å²) < 4.78 is 0. The maximum atomic E-state index is 8.98. The van der Waals surface area contributed by atoms with Crippen LogP contribution >= 0.6 is 0 Å². The quantitative estimate of drug-likeness (QED) is 0.746. The summed E-state index contributed by atoms with van der Waals surface area (Å²) in [6.07, 6.45) is 1.88. The molecule has 2 aliphatic heterocycles. The van der Waals surface area contributed by atoms with Crippen molar-refractivity contribution in [1.82, 2.24) is 10.3 Å². The van der Waals surface area contributed by atoms with Crippen molar-refractivity contribution >= 4 is 5.69 Å². The summed E-state index contributed by atoms with van der Waals surface area (Å²) in [6, 6.07) is 4.76. The number of nitrogens with one attached hydrogen (secondary N) is 1. The summed E-state index contributed by atoms with van der Waals surface area (Å²) in [5.74, 6) is 0.784. The lowest BCUT2D eigenvalue weighted by Crippen LogP contribution is -2.55. The van der Waals surface area contributed by atoms with Gasteiger partial charge in [-0.1, -0.05) is 0 Å². The molecule has 2 fully saturated rings. The standard InChI is InChI=1S/C12H14N4/c1-8-9(3-13)2-11(5-15-8)16-7-10-4-14-6-12(10)16/h2,5,10,12,14H,4,6-7H2,1H3/t10-,12-/m1/s1. The lowest BCUT2D eigenvalue weighted by molar-refractivity contribution is 0.365. The fraction of sp³-hybridized carbons (Fsp3) is 0.500. The lowest BCUT2D eigenvalue weighted by atomic mass is 9.91. The van der Waals surface area contributed by atoms with Gasteiger partial charge in [-0.25, -0.2) is 0 Å². The number of hydrogen-bond acceptors (Lipinski definition) is 4. The summed E-state index contributed by atoms with van der Waals surface area (Å²) in [4.78, 5) is 6.63. The molecule has 82 valence electrons. The van der Waals surface area contributed by atoms with Gasteiger partial charge in [-0.3, -0.25) is 4.98 Å². The van der Waals surface area contributed by atoms with E-state index < -0.39 is 0 Å². The largest absolute Gasteiger partial charge is 0.365 e. The summed E-state index contributed by atoms with van der Waals surface area (Å²) in [5, 5.41) is 12.4. The monoisotopic (exact) mass is 214 g/mol. The van der Waals surface area contributed by atoms with Gasteiger partial charge in [0.15, 0.2) is 0 Å². The normalized spacial score (nSPS) is 27.1. The smallest absolute Gasteiger partial charge is 0.101 e. The first-order chi connectivity index (χ1) is 7.79. The maximum Gasteiger partial charge on any atom is 0.101 e. The van der Waals surface area contributed by atoms with E-state index in [1.54, 1.807) is 0 Å². The molecule has 0 aliphatic carbocycles. The minimum atomic E-state index is 0.607. The average molecular weight is 214 g/mol. The van der Waals surface area contributed by atoms with Crippen LogP contribution in [0.3, 0.4) is 0 Å². The Morgan fingerprint density at radius 2 is 2.44 bits per heavy atom. The van der Waals surface area contributed by atoms with Crippen LogP contribution in [0.25, 0.3) is 0 Å². The van der Waals surface area contributed by atoms with Gasteiger partial charge in [0.2, 0.25) is 0 Å². The van der Waals surface area contributed by atoms with E-state index in [-0.39, 0.29) is 0 Å². The van der Waals surface area contributed by atoms with Gasteiger partial charge in [0, 0.05) is 31.6 Å². The molecule has 2 saturated heterocycles. The molecule has 1 aromatic rings. The van der Waals surface area contributed by atoms with Crippen molar-refractivity contribution in [2.75, 3.05) is 24.5 Å². The fourth-order valence-electron chi connectivity index (χ4n) is 2.61. The van der Waals surface area contributed by atoms with Crippen molar-refractivity contribution in [3.8, 4) is 6.07 Å². The third-order valence-electron chi connectivity index (χ3n) is 3.66. The number of hydrogen-bond donors (Lipinski definition) is 1. The summed E-state index contributed by atoms with van der Waals surface area (Å²) in [7, 11) is 0. The number of aryl methyl sites for hydroxylation is 1. The molecule has 16 heavy (non-hydrogen) atoms. The molecule has 0 aromatic carbocycles. The van der Waals surface area contributed by atoms with Crippen molar-refractivity contribution in [2.45, 2.75) is 13.0 Å². The highest BCUT2D eigenvalue weighted by atomic mass is 15.3. The molecular weight excluding hydrogens is 200 g/mol. The minimum Gasteiger partial charge on any atom is -0.365 e. The Bertz CT molecular complexity index is 463. The van der Waals surface area contributed by atoms with E-state index in [9.17, 15) is 0 Å². The van der Waals surface area contributed by atoms with E-state index in [4.69, 9.17) is 5.26 Å². The Balaban J connectivity index is 1.88. The molecule has 0 radical (unpaired) electrons. The van der Waals surface area contributed by atoms with Crippen molar-refractivity contribution in [3.05, 3.63) is 23.5 Å². The average Bonchev–Trinajstić information content (AvgIpc) is 2.63. The van der Waals surface area contributed by atoms with Gasteiger partial charge in [0.1, 0.15) is 6.07 Å². The third kappa shape index (κ3) is 1.29. The number of anilines is 1. The lowest BCUT2D eigenvalue weighted by Gasteiger charge is -2.45. The Labute approximate surface area is 94.9 Å². The molecule has 3 rings (SSSR count). The fourth-order valence-corrected chi connectivity index (χ4v) is 2.61. The molecular formula is C12H14N4. The number of pyridine rings is 1. The van der Waals surface area contributed by atoms with Crippen molar-refractivity contribution in [3.63, 3.8) is 0 Å². The molecule has 0 spiro atoms. The van der Waals surface area contributed by atoms with Crippen LogP contribution in [-0.4, -0.2) is 30.7 Å². The highest BCUT2D eigenvalue weighted by Gasteiger charge is 2.42.